The molecule has 2 bridgehead atoms. The van der Waals surface area contributed by atoms with Crippen LogP contribution in [0.5, 0.6) is 0 Å². The first kappa shape index (κ1) is 17.4. The predicted molar refractivity (Wildman–Crippen MR) is 113 cm³/mol. The lowest BCUT2D eigenvalue weighted by atomic mass is 9.99. The number of fused-ring (bicyclic) bond motifs is 3. The molecule has 0 unspecified atom stereocenters. The summed E-state index contributed by atoms with van der Waals surface area (Å²) in [6.45, 7) is 0. The van der Waals surface area contributed by atoms with E-state index in [1.165, 1.54) is 19.3 Å². The van der Waals surface area contributed by atoms with Crippen LogP contribution in [-0.2, 0) is 0 Å². The van der Waals surface area contributed by atoms with Gasteiger partial charge in [-0.1, -0.05) is 48.0 Å². The van der Waals surface area contributed by atoms with Crippen LogP contribution in [0.25, 0.3) is 22.2 Å². The summed E-state index contributed by atoms with van der Waals surface area (Å²) in [6, 6.07) is 17.0. The van der Waals surface area contributed by atoms with Gasteiger partial charge in [-0.3, -0.25) is 4.79 Å². The standard InChI is InChI=1S/C23H20ClN3O/c24-19-7-3-1-6-17(19)22-13-18(16-5-2-4-8-20(16)25-22)23(28)27-26-21-12-14-9-10-15(21)11-14/h1-8,13-15H,9-12H2,(H,27,28)/b26-21+/t14-,15+/m1/s1. The normalized spacial score (nSPS) is 22.1. The van der Waals surface area contributed by atoms with Gasteiger partial charge in [-0.15, -0.1) is 0 Å². The Morgan fingerprint density at radius 3 is 2.71 bits per heavy atom. The zero-order chi connectivity index (χ0) is 19.1. The number of aromatic nitrogens is 1. The first-order valence-electron chi connectivity index (χ1n) is 9.70. The predicted octanol–water partition coefficient (Wildman–Crippen LogP) is 5.46. The SMILES string of the molecule is O=C(N/N=C1\C[C@@H]2CC[C@H]1C2)c1cc(-c2ccccc2Cl)nc2ccccc12. The Balaban J connectivity index is 1.53. The third kappa shape index (κ3) is 3.08. The molecule has 2 saturated carbocycles. The van der Waals surface area contributed by atoms with Crippen LogP contribution in [0.3, 0.4) is 0 Å². The molecule has 1 amide bonds. The molecular formula is C23H20ClN3O. The second-order valence-electron chi connectivity index (χ2n) is 7.68. The highest BCUT2D eigenvalue weighted by atomic mass is 35.5. The Morgan fingerprint density at radius 1 is 1.11 bits per heavy atom. The monoisotopic (exact) mass is 389 g/mol. The molecule has 1 heterocycles. The van der Waals surface area contributed by atoms with Gasteiger partial charge in [0, 0.05) is 21.7 Å². The van der Waals surface area contributed by atoms with Gasteiger partial charge in [0.05, 0.1) is 16.8 Å². The molecular weight excluding hydrogens is 370 g/mol. The van der Waals surface area contributed by atoms with E-state index in [1.807, 2.05) is 48.5 Å². The number of nitrogens with one attached hydrogen (secondary N) is 1. The van der Waals surface area contributed by atoms with Gasteiger partial charge < -0.3 is 0 Å². The van der Waals surface area contributed by atoms with Crippen molar-refractivity contribution < 1.29 is 4.79 Å². The number of hydrazone groups is 1. The summed E-state index contributed by atoms with van der Waals surface area (Å²) in [5.74, 6) is 1.11. The van der Waals surface area contributed by atoms with Crippen LogP contribution in [0.15, 0.2) is 59.7 Å². The Morgan fingerprint density at radius 2 is 1.93 bits per heavy atom. The summed E-state index contributed by atoms with van der Waals surface area (Å²) in [6.07, 6.45) is 4.75. The molecule has 2 fully saturated rings. The van der Waals surface area contributed by atoms with Gasteiger partial charge in [-0.05, 0) is 55.7 Å². The van der Waals surface area contributed by atoms with Crippen molar-refractivity contribution in [2.45, 2.75) is 25.7 Å². The summed E-state index contributed by atoms with van der Waals surface area (Å²) in [5.41, 5.74) is 6.76. The van der Waals surface area contributed by atoms with Crippen LogP contribution in [-0.4, -0.2) is 16.6 Å². The van der Waals surface area contributed by atoms with Crippen molar-refractivity contribution in [2.75, 3.05) is 0 Å². The third-order valence-electron chi connectivity index (χ3n) is 5.92. The fraction of sp³-hybridized carbons (Fsp3) is 0.261. The summed E-state index contributed by atoms with van der Waals surface area (Å²) in [4.78, 5) is 17.7. The van der Waals surface area contributed by atoms with Crippen molar-refractivity contribution in [3.8, 4) is 11.3 Å². The van der Waals surface area contributed by atoms with E-state index in [9.17, 15) is 4.79 Å². The van der Waals surface area contributed by atoms with E-state index in [4.69, 9.17) is 16.6 Å². The molecule has 2 aliphatic carbocycles. The maximum absolute atomic E-state index is 13.0. The smallest absolute Gasteiger partial charge is 0.267 e. The number of benzene rings is 2. The van der Waals surface area contributed by atoms with Gasteiger partial charge in [0.25, 0.3) is 5.91 Å². The van der Waals surface area contributed by atoms with E-state index < -0.39 is 0 Å². The summed E-state index contributed by atoms with van der Waals surface area (Å²) in [7, 11) is 0. The van der Waals surface area contributed by atoms with Crippen LogP contribution in [0.1, 0.15) is 36.0 Å². The van der Waals surface area contributed by atoms with Crippen molar-refractivity contribution in [3.05, 3.63) is 65.2 Å². The second-order valence-corrected chi connectivity index (χ2v) is 8.08. The van der Waals surface area contributed by atoms with Gasteiger partial charge in [-0.2, -0.15) is 5.10 Å². The maximum Gasteiger partial charge on any atom is 0.272 e. The van der Waals surface area contributed by atoms with E-state index in [0.717, 1.165) is 34.5 Å². The van der Waals surface area contributed by atoms with Crippen molar-refractivity contribution >= 4 is 34.1 Å². The summed E-state index contributed by atoms with van der Waals surface area (Å²) >= 11 is 6.36. The molecule has 0 radical (unpaired) electrons. The molecule has 28 heavy (non-hydrogen) atoms. The molecule has 140 valence electrons. The van der Waals surface area contributed by atoms with Crippen molar-refractivity contribution in [2.24, 2.45) is 16.9 Å². The quantitative estimate of drug-likeness (QED) is 0.604. The Labute approximate surface area is 168 Å². The third-order valence-corrected chi connectivity index (χ3v) is 6.25. The Bertz CT molecular complexity index is 1110. The first-order chi connectivity index (χ1) is 13.7. The molecule has 3 aromatic rings. The molecule has 1 aromatic heterocycles. The van der Waals surface area contributed by atoms with E-state index in [1.54, 1.807) is 6.07 Å². The highest BCUT2D eigenvalue weighted by Crippen LogP contribution is 2.42. The Hall–Kier alpha value is -2.72. The zero-order valence-corrected chi connectivity index (χ0v) is 16.1. The number of amides is 1. The minimum Gasteiger partial charge on any atom is -0.267 e. The number of carbonyl (C=O) groups excluding carboxylic acids is 1. The number of para-hydroxylation sites is 1. The van der Waals surface area contributed by atoms with Crippen LogP contribution in [0.2, 0.25) is 5.02 Å². The van der Waals surface area contributed by atoms with Gasteiger partial charge in [0.1, 0.15) is 0 Å². The average molecular weight is 390 g/mol. The van der Waals surface area contributed by atoms with Gasteiger partial charge >= 0.3 is 0 Å². The van der Waals surface area contributed by atoms with Gasteiger partial charge in [-0.25, -0.2) is 10.4 Å². The lowest BCUT2D eigenvalue weighted by molar-refractivity contribution is 0.0956. The van der Waals surface area contributed by atoms with Crippen LogP contribution >= 0.6 is 11.6 Å². The average Bonchev–Trinajstić information content (AvgIpc) is 3.35. The van der Waals surface area contributed by atoms with Crippen molar-refractivity contribution in [3.63, 3.8) is 0 Å². The minimum atomic E-state index is -0.206. The number of pyridine rings is 1. The topological polar surface area (TPSA) is 54.4 Å². The van der Waals surface area contributed by atoms with E-state index in [0.29, 0.717) is 22.2 Å². The highest BCUT2D eigenvalue weighted by molar-refractivity contribution is 6.33. The first-order valence-corrected chi connectivity index (χ1v) is 10.1. The number of rotatable bonds is 3. The van der Waals surface area contributed by atoms with Crippen molar-refractivity contribution in [1.82, 2.24) is 10.4 Å². The molecule has 0 spiro atoms. The van der Waals surface area contributed by atoms with Crippen LogP contribution in [0, 0.1) is 11.8 Å². The maximum atomic E-state index is 13.0. The van der Waals surface area contributed by atoms with Crippen LogP contribution in [0.4, 0.5) is 0 Å². The number of halogens is 1. The summed E-state index contributed by atoms with van der Waals surface area (Å²) in [5, 5.41) is 5.90. The minimum absolute atomic E-state index is 0.206. The number of hydrogen-bond donors (Lipinski definition) is 1. The molecule has 0 saturated heterocycles. The number of hydrogen-bond acceptors (Lipinski definition) is 3. The van der Waals surface area contributed by atoms with Gasteiger partial charge in [0.15, 0.2) is 0 Å². The zero-order valence-electron chi connectivity index (χ0n) is 15.4. The Kier molecular flexibility index (Phi) is 4.36. The fourth-order valence-corrected chi connectivity index (χ4v) is 4.75. The van der Waals surface area contributed by atoms with E-state index in [-0.39, 0.29) is 5.91 Å². The molecule has 5 rings (SSSR count). The highest BCUT2D eigenvalue weighted by Gasteiger charge is 2.36. The van der Waals surface area contributed by atoms with E-state index >= 15 is 0 Å². The number of nitrogens with zero attached hydrogens (tertiary/aromatic N) is 2. The molecule has 2 aromatic carbocycles. The molecule has 2 aliphatic rings. The number of carbonyl (C=O) groups is 1. The lowest BCUT2D eigenvalue weighted by Crippen LogP contribution is -2.22. The fourth-order valence-electron chi connectivity index (χ4n) is 4.52. The second kappa shape index (κ2) is 7.02. The summed E-state index contributed by atoms with van der Waals surface area (Å²) < 4.78 is 0. The molecule has 2 atom stereocenters. The van der Waals surface area contributed by atoms with E-state index in [2.05, 4.69) is 10.5 Å². The molecule has 5 heteroatoms. The van der Waals surface area contributed by atoms with Crippen LogP contribution < -0.4 is 5.43 Å². The lowest BCUT2D eigenvalue weighted by Gasteiger charge is -2.13. The largest absolute Gasteiger partial charge is 0.272 e. The molecule has 4 nitrogen and oxygen atoms in total. The van der Waals surface area contributed by atoms with Crippen molar-refractivity contribution in [1.29, 1.82) is 0 Å². The van der Waals surface area contributed by atoms with Gasteiger partial charge in [0.2, 0.25) is 0 Å². The molecule has 1 N–H and O–H groups in total. The molecule has 0 aliphatic heterocycles.